The lowest BCUT2D eigenvalue weighted by Gasteiger charge is -2.29. The second kappa shape index (κ2) is 6.33. The van der Waals surface area contributed by atoms with Crippen molar-refractivity contribution < 1.29 is 14.6 Å². The highest BCUT2D eigenvalue weighted by molar-refractivity contribution is 5.81. The van der Waals surface area contributed by atoms with Gasteiger partial charge in [0.1, 0.15) is 6.10 Å². The molecule has 98 valence electrons. The quantitative estimate of drug-likeness (QED) is 0.632. The van der Waals surface area contributed by atoms with Gasteiger partial charge in [0.2, 0.25) is 5.91 Å². The zero-order chi connectivity index (χ0) is 12.1. The van der Waals surface area contributed by atoms with Gasteiger partial charge in [-0.15, -0.1) is 0 Å². The number of ether oxygens (including phenoxy) is 1. The number of morpholine rings is 1. The van der Waals surface area contributed by atoms with Crippen LogP contribution < -0.4 is 10.6 Å². The lowest BCUT2D eigenvalue weighted by atomic mass is 9.86. The number of hydrogen-bond donors (Lipinski definition) is 3. The molecule has 1 heterocycles. The molecule has 0 spiro atoms. The zero-order valence-corrected chi connectivity index (χ0v) is 10.2. The average Bonchev–Trinajstić information content (AvgIpc) is 2.38. The van der Waals surface area contributed by atoms with Gasteiger partial charge in [-0.05, 0) is 12.8 Å². The van der Waals surface area contributed by atoms with E-state index in [4.69, 9.17) is 4.74 Å². The van der Waals surface area contributed by atoms with E-state index < -0.39 is 0 Å². The third-order valence-electron chi connectivity index (χ3n) is 3.63. The van der Waals surface area contributed by atoms with Crippen molar-refractivity contribution in [3.63, 3.8) is 0 Å². The Morgan fingerprint density at radius 3 is 2.94 bits per heavy atom. The minimum absolute atomic E-state index is 0.0602. The minimum atomic E-state index is -0.371. The van der Waals surface area contributed by atoms with Crippen molar-refractivity contribution >= 4 is 5.91 Å². The molecule has 0 bridgehead atoms. The van der Waals surface area contributed by atoms with Gasteiger partial charge < -0.3 is 20.5 Å². The molecule has 0 aromatic heterocycles. The monoisotopic (exact) mass is 242 g/mol. The van der Waals surface area contributed by atoms with Crippen LogP contribution in [0.15, 0.2) is 0 Å². The SMILES string of the molecule is O=C(NC[C@@H]1CCCC[C@@H]1O)[C@@H]1CNCCO1. The molecular formula is C12H22N2O3. The molecule has 3 N–H and O–H groups in total. The number of carbonyl (C=O) groups excluding carboxylic acids is 1. The van der Waals surface area contributed by atoms with Crippen LogP contribution in [0.1, 0.15) is 25.7 Å². The molecule has 1 aliphatic heterocycles. The first-order valence-corrected chi connectivity index (χ1v) is 6.55. The van der Waals surface area contributed by atoms with E-state index >= 15 is 0 Å². The molecule has 3 atom stereocenters. The molecule has 2 aliphatic rings. The van der Waals surface area contributed by atoms with Gasteiger partial charge in [0.05, 0.1) is 12.7 Å². The third kappa shape index (κ3) is 3.66. The Labute approximate surface area is 102 Å². The third-order valence-corrected chi connectivity index (χ3v) is 3.63. The van der Waals surface area contributed by atoms with Crippen LogP contribution >= 0.6 is 0 Å². The van der Waals surface area contributed by atoms with E-state index in [2.05, 4.69) is 10.6 Å². The van der Waals surface area contributed by atoms with Gasteiger partial charge in [0.25, 0.3) is 0 Å². The molecule has 5 heteroatoms. The summed E-state index contributed by atoms with van der Waals surface area (Å²) < 4.78 is 5.37. The average molecular weight is 242 g/mol. The number of aliphatic hydroxyl groups is 1. The minimum Gasteiger partial charge on any atom is -0.393 e. The standard InChI is InChI=1S/C12H22N2O3/c15-10-4-2-1-3-9(10)7-14-12(16)11-8-13-5-6-17-11/h9-11,13,15H,1-8H2,(H,14,16)/t9-,10-,11-/m0/s1. The number of aliphatic hydroxyl groups excluding tert-OH is 1. The van der Waals surface area contributed by atoms with Gasteiger partial charge in [0, 0.05) is 25.6 Å². The van der Waals surface area contributed by atoms with Crippen molar-refractivity contribution in [1.29, 1.82) is 0 Å². The first kappa shape index (κ1) is 12.8. The number of hydrogen-bond acceptors (Lipinski definition) is 4. The first-order valence-electron chi connectivity index (χ1n) is 6.55. The van der Waals surface area contributed by atoms with E-state index in [1.54, 1.807) is 0 Å². The fourth-order valence-electron chi connectivity index (χ4n) is 2.51. The molecule has 2 rings (SSSR count). The van der Waals surface area contributed by atoms with E-state index in [0.717, 1.165) is 32.2 Å². The Kier molecular flexibility index (Phi) is 4.76. The molecule has 1 saturated carbocycles. The van der Waals surface area contributed by atoms with Crippen LogP contribution in [0, 0.1) is 5.92 Å². The van der Waals surface area contributed by atoms with E-state index in [9.17, 15) is 9.90 Å². The second-order valence-corrected chi connectivity index (χ2v) is 4.92. The van der Waals surface area contributed by atoms with Crippen LogP contribution in [0.25, 0.3) is 0 Å². The predicted molar refractivity (Wildman–Crippen MR) is 63.6 cm³/mol. The zero-order valence-electron chi connectivity index (χ0n) is 10.2. The summed E-state index contributed by atoms with van der Waals surface area (Å²) in [5, 5.41) is 15.8. The highest BCUT2D eigenvalue weighted by atomic mass is 16.5. The Balaban J connectivity index is 1.71. The van der Waals surface area contributed by atoms with Crippen molar-refractivity contribution in [1.82, 2.24) is 10.6 Å². The van der Waals surface area contributed by atoms with Crippen molar-refractivity contribution in [3.05, 3.63) is 0 Å². The van der Waals surface area contributed by atoms with Crippen molar-refractivity contribution in [2.24, 2.45) is 5.92 Å². The molecule has 0 aromatic rings. The van der Waals surface area contributed by atoms with Crippen LogP contribution in [0.2, 0.25) is 0 Å². The van der Waals surface area contributed by atoms with E-state index in [-0.39, 0.29) is 24.0 Å². The normalized spacial score (nSPS) is 34.3. The van der Waals surface area contributed by atoms with Crippen molar-refractivity contribution in [2.75, 3.05) is 26.2 Å². The molecule has 17 heavy (non-hydrogen) atoms. The largest absolute Gasteiger partial charge is 0.393 e. The lowest BCUT2D eigenvalue weighted by Crippen LogP contribution is -2.49. The summed E-state index contributed by atoms with van der Waals surface area (Å²) in [7, 11) is 0. The van der Waals surface area contributed by atoms with E-state index in [1.165, 1.54) is 0 Å². The van der Waals surface area contributed by atoms with Crippen molar-refractivity contribution in [3.8, 4) is 0 Å². The summed E-state index contributed by atoms with van der Waals surface area (Å²) in [4.78, 5) is 11.8. The lowest BCUT2D eigenvalue weighted by molar-refractivity contribution is -0.134. The smallest absolute Gasteiger partial charge is 0.250 e. The number of rotatable bonds is 3. The Hall–Kier alpha value is -0.650. The van der Waals surface area contributed by atoms with Gasteiger partial charge in [-0.25, -0.2) is 0 Å². The predicted octanol–water partition coefficient (Wildman–Crippen LogP) is -0.358. The Bertz CT molecular complexity index is 254. The summed E-state index contributed by atoms with van der Waals surface area (Å²) in [5.74, 6) is 0.152. The van der Waals surface area contributed by atoms with Gasteiger partial charge in [0.15, 0.2) is 0 Å². The highest BCUT2D eigenvalue weighted by Crippen LogP contribution is 2.23. The fraction of sp³-hybridized carbons (Fsp3) is 0.917. The van der Waals surface area contributed by atoms with Crippen LogP contribution in [-0.2, 0) is 9.53 Å². The van der Waals surface area contributed by atoms with Gasteiger partial charge in [-0.2, -0.15) is 0 Å². The van der Waals surface area contributed by atoms with Crippen LogP contribution in [-0.4, -0.2) is 49.5 Å². The second-order valence-electron chi connectivity index (χ2n) is 4.92. The van der Waals surface area contributed by atoms with Crippen LogP contribution in [0.3, 0.4) is 0 Å². The summed E-state index contributed by atoms with van der Waals surface area (Å²) in [5.41, 5.74) is 0. The molecule has 0 radical (unpaired) electrons. The number of carbonyl (C=O) groups is 1. The maximum Gasteiger partial charge on any atom is 0.250 e. The highest BCUT2D eigenvalue weighted by Gasteiger charge is 2.26. The number of amides is 1. The molecule has 1 aliphatic carbocycles. The van der Waals surface area contributed by atoms with Crippen LogP contribution in [0.4, 0.5) is 0 Å². The van der Waals surface area contributed by atoms with Gasteiger partial charge in [-0.3, -0.25) is 4.79 Å². The maximum atomic E-state index is 11.8. The molecule has 0 unspecified atom stereocenters. The topological polar surface area (TPSA) is 70.6 Å². The molecule has 5 nitrogen and oxygen atoms in total. The van der Waals surface area contributed by atoms with E-state index in [1.807, 2.05) is 0 Å². The van der Waals surface area contributed by atoms with Gasteiger partial charge in [-0.1, -0.05) is 12.8 Å². The molecular weight excluding hydrogens is 220 g/mol. The summed E-state index contributed by atoms with van der Waals surface area (Å²) in [6, 6.07) is 0. The molecule has 2 fully saturated rings. The Morgan fingerprint density at radius 2 is 2.24 bits per heavy atom. The fourth-order valence-corrected chi connectivity index (χ4v) is 2.51. The molecule has 1 saturated heterocycles. The Morgan fingerprint density at radius 1 is 1.41 bits per heavy atom. The molecule has 1 amide bonds. The number of nitrogens with one attached hydrogen (secondary N) is 2. The van der Waals surface area contributed by atoms with Gasteiger partial charge >= 0.3 is 0 Å². The first-order chi connectivity index (χ1) is 8.27. The van der Waals surface area contributed by atoms with Crippen molar-refractivity contribution in [2.45, 2.75) is 37.9 Å². The summed E-state index contributed by atoms with van der Waals surface area (Å²) in [6.45, 7) is 2.55. The summed E-state index contributed by atoms with van der Waals surface area (Å²) >= 11 is 0. The molecule has 0 aromatic carbocycles. The summed E-state index contributed by atoms with van der Waals surface area (Å²) in [6.07, 6.45) is 3.49. The van der Waals surface area contributed by atoms with E-state index in [0.29, 0.717) is 19.7 Å². The maximum absolute atomic E-state index is 11.8. The van der Waals surface area contributed by atoms with Crippen LogP contribution in [0.5, 0.6) is 0 Å².